The Morgan fingerprint density at radius 2 is 2.17 bits per heavy atom. The van der Waals surface area contributed by atoms with E-state index in [9.17, 15) is 5.11 Å². The molecule has 2 rings (SSSR count). The van der Waals surface area contributed by atoms with Crippen molar-refractivity contribution in [3.05, 3.63) is 44.6 Å². The Kier molecular flexibility index (Phi) is 4.63. The molecule has 0 aliphatic heterocycles. The van der Waals surface area contributed by atoms with Crippen molar-refractivity contribution in [1.82, 2.24) is 0 Å². The summed E-state index contributed by atoms with van der Waals surface area (Å²) in [5.74, 6) is 1.39. The van der Waals surface area contributed by atoms with Gasteiger partial charge in [0.05, 0.1) is 18.6 Å². The van der Waals surface area contributed by atoms with Crippen molar-refractivity contribution < 1.29 is 14.6 Å². The molecule has 0 amide bonds. The molecule has 1 N–H and O–H groups in total. The molecule has 0 aliphatic rings. The highest BCUT2D eigenvalue weighted by Gasteiger charge is 2.07. The molecular formula is C13H13BrO3S. The van der Waals surface area contributed by atoms with Gasteiger partial charge in [-0.15, -0.1) is 11.3 Å². The Labute approximate surface area is 118 Å². The maximum Gasteiger partial charge on any atom is 0.125 e. The first-order valence-electron chi connectivity index (χ1n) is 5.37. The highest BCUT2D eigenvalue weighted by molar-refractivity contribution is 9.10. The molecule has 0 bridgehead atoms. The topological polar surface area (TPSA) is 38.7 Å². The highest BCUT2D eigenvalue weighted by atomic mass is 79.9. The lowest BCUT2D eigenvalue weighted by Gasteiger charge is -2.11. The van der Waals surface area contributed by atoms with Gasteiger partial charge in [0.2, 0.25) is 0 Å². The largest absolute Gasteiger partial charge is 0.497 e. The van der Waals surface area contributed by atoms with Gasteiger partial charge in [-0.1, -0.05) is 0 Å². The van der Waals surface area contributed by atoms with Crippen LogP contribution in [0.1, 0.15) is 10.4 Å². The smallest absolute Gasteiger partial charge is 0.125 e. The Bertz CT molecular complexity index is 525. The summed E-state index contributed by atoms with van der Waals surface area (Å²) in [5.41, 5.74) is 0.724. The first kappa shape index (κ1) is 13.4. The quantitative estimate of drug-likeness (QED) is 0.911. The summed E-state index contributed by atoms with van der Waals surface area (Å²) in [7, 11) is 1.60. The van der Waals surface area contributed by atoms with Crippen LogP contribution in [0.5, 0.6) is 11.5 Å². The van der Waals surface area contributed by atoms with E-state index in [1.807, 2.05) is 23.6 Å². The van der Waals surface area contributed by atoms with E-state index < -0.39 is 0 Å². The maximum absolute atomic E-state index is 9.31. The number of aliphatic hydroxyl groups excluding tert-OH is 1. The van der Waals surface area contributed by atoms with Crippen LogP contribution in [0, 0.1) is 0 Å². The summed E-state index contributed by atoms with van der Waals surface area (Å²) in [6.45, 7) is 0.412. The average Bonchev–Trinajstić information content (AvgIpc) is 2.81. The zero-order valence-electron chi connectivity index (χ0n) is 9.85. The maximum atomic E-state index is 9.31. The minimum atomic E-state index is -0.0713. The Morgan fingerprint density at radius 3 is 2.78 bits per heavy atom. The van der Waals surface area contributed by atoms with Crippen LogP contribution >= 0.6 is 27.3 Å². The number of methoxy groups -OCH3 is 1. The highest BCUT2D eigenvalue weighted by Crippen LogP contribution is 2.28. The third-order valence-corrected chi connectivity index (χ3v) is 4.39. The van der Waals surface area contributed by atoms with Crippen molar-refractivity contribution in [3.8, 4) is 11.5 Å². The molecule has 18 heavy (non-hydrogen) atoms. The van der Waals surface area contributed by atoms with Gasteiger partial charge < -0.3 is 14.6 Å². The van der Waals surface area contributed by atoms with Crippen LogP contribution in [0.15, 0.2) is 34.1 Å². The van der Waals surface area contributed by atoms with E-state index in [0.29, 0.717) is 18.1 Å². The van der Waals surface area contributed by atoms with E-state index in [1.54, 1.807) is 24.5 Å². The summed E-state index contributed by atoms with van der Waals surface area (Å²) in [4.78, 5) is 1.12. The number of ether oxygens (including phenoxy) is 2. The molecule has 2 aromatic rings. The molecule has 1 aromatic carbocycles. The minimum Gasteiger partial charge on any atom is -0.497 e. The molecular weight excluding hydrogens is 316 g/mol. The van der Waals surface area contributed by atoms with E-state index >= 15 is 0 Å². The van der Waals surface area contributed by atoms with Gasteiger partial charge in [0, 0.05) is 10.0 Å². The fourth-order valence-corrected chi connectivity index (χ4v) is 2.90. The van der Waals surface area contributed by atoms with Crippen molar-refractivity contribution in [2.75, 3.05) is 7.11 Å². The molecule has 0 radical (unpaired) electrons. The lowest BCUT2D eigenvalue weighted by Crippen LogP contribution is -1.98. The Hall–Kier alpha value is -1.04. The summed E-state index contributed by atoms with van der Waals surface area (Å²) >= 11 is 5.09. The van der Waals surface area contributed by atoms with E-state index in [0.717, 1.165) is 14.9 Å². The molecule has 0 aliphatic carbocycles. The Morgan fingerprint density at radius 1 is 1.33 bits per heavy atom. The van der Waals surface area contributed by atoms with E-state index in [2.05, 4.69) is 15.9 Å². The molecule has 0 unspecified atom stereocenters. The zero-order valence-corrected chi connectivity index (χ0v) is 12.3. The number of halogens is 1. The number of benzene rings is 1. The fraction of sp³-hybridized carbons (Fsp3) is 0.231. The lowest BCUT2D eigenvalue weighted by molar-refractivity contribution is 0.259. The predicted octanol–water partition coefficient (Wildman–Crippen LogP) is 3.59. The van der Waals surface area contributed by atoms with Gasteiger partial charge in [0.1, 0.15) is 18.1 Å². The van der Waals surface area contributed by atoms with Crippen molar-refractivity contribution in [1.29, 1.82) is 0 Å². The van der Waals surface area contributed by atoms with Gasteiger partial charge in [-0.2, -0.15) is 0 Å². The van der Waals surface area contributed by atoms with Crippen LogP contribution < -0.4 is 9.47 Å². The monoisotopic (exact) mass is 328 g/mol. The van der Waals surface area contributed by atoms with Gasteiger partial charge in [-0.3, -0.25) is 0 Å². The van der Waals surface area contributed by atoms with Crippen LogP contribution in [0.25, 0.3) is 0 Å². The van der Waals surface area contributed by atoms with Crippen LogP contribution in [0.4, 0.5) is 0 Å². The van der Waals surface area contributed by atoms with Gasteiger partial charge >= 0.3 is 0 Å². The molecule has 0 atom stereocenters. The summed E-state index contributed by atoms with van der Waals surface area (Å²) in [6.07, 6.45) is 0. The summed E-state index contributed by atoms with van der Waals surface area (Å²) in [6, 6.07) is 7.40. The minimum absolute atomic E-state index is 0.0713. The van der Waals surface area contributed by atoms with Crippen molar-refractivity contribution >= 4 is 27.3 Å². The van der Waals surface area contributed by atoms with Crippen LogP contribution in [-0.2, 0) is 13.2 Å². The van der Waals surface area contributed by atoms with E-state index in [4.69, 9.17) is 9.47 Å². The normalized spacial score (nSPS) is 10.4. The summed E-state index contributed by atoms with van der Waals surface area (Å²) in [5, 5.41) is 11.3. The average molecular weight is 329 g/mol. The van der Waals surface area contributed by atoms with Gasteiger partial charge in [-0.25, -0.2) is 0 Å². The number of aliphatic hydroxyl groups is 1. The van der Waals surface area contributed by atoms with Crippen molar-refractivity contribution in [2.45, 2.75) is 13.2 Å². The molecule has 3 nitrogen and oxygen atoms in total. The fourth-order valence-electron chi connectivity index (χ4n) is 1.52. The second-order valence-electron chi connectivity index (χ2n) is 3.61. The van der Waals surface area contributed by atoms with Crippen LogP contribution in [-0.4, -0.2) is 12.2 Å². The van der Waals surface area contributed by atoms with Crippen molar-refractivity contribution in [3.63, 3.8) is 0 Å². The molecule has 5 heteroatoms. The van der Waals surface area contributed by atoms with E-state index in [1.165, 1.54) is 0 Å². The first-order chi connectivity index (χ1) is 8.74. The van der Waals surface area contributed by atoms with Crippen LogP contribution in [0.3, 0.4) is 0 Å². The summed E-state index contributed by atoms with van der Waals surface area (Å²) < 4.78 is 11.9. The van der Waals surface area contributed by atoms with E-state index in [-0.39, 0.29) is 6.61 Å². The number of rotatable bonds is 5. The third-order valence-electron chi connectivity index (χ3n) is 2.49. The zero-order chi connectivity index (χ0) is 13.0. The van der Waals surface area contributed by atoms with Gasteiger partial charge in [-0.05, 0) is 45.6 Å². The molecule has 0 saturated carbocycles. The first-order valence-corrected chi connectivity index (χ1v) is 7.04. The molecule has 1 aromatic heterocycles. The standard InChI is InChI=1S/C13H13BrO3S/c1-16-10-2-3-12(9(6-10)7-15)17-8-13-11(14)4-5-18-13/h2-6,15H,7-8H2,1H3. The number of hydrogen-bond acceptors (Lipinski definition) is 4. The molecule has 96 valence electrons. The van der Waals surface area contributed by atoms with Gasteiger partial charge in [0.15, 0.2) is 0 Å². The molecule has 1 heterocycles. The van der Waals surface area contributed by atoms with Crippen molar-refractivity contribution in [2.24, 2.45) is 0 Å². The lowest BCUT2D eigenvalue weighted by atomic mass is 10.2. The second-order valence-corrected chi connectivity index (χ2v) is 5.47. The number of hydrogen-bond donors (Lipinski definition) is 1. The molecule has 0 saturated heterocycles. The predicted molar refractivity (Wildman–Crippen MR) is 75.3 cm³/mol. The van der Waals surface area contributed by atoms with Crippen LogP contribution in [0.2, 0.25) is 0 Å². The van der Waals surface area contributed by atoms with Gasteiger partial charge in [0.25, 0.3) is 0 Å². The third kappa shape index (κ3) is 3.04. The molecule has 0 fully saturated rings. The second kappa shape index (κ2) is 6.22. The number of thiophene rings is 1. The molecule has 0 spiro atoms. The Balaban J connectivity index is 2.11. The SMILES string of the molecule is COc1ccc(OCc2sccc2Br)c(CO)c1.